The molecule has 0 bridgehead atoms. The first-order valence-electron chi connectivity index (χ1n) is 7.15. The van der Waals surface area contributed by atoms with E-state index < -0.39 is 0 Å². The molecule has 0 saturated heterocycles. The van der Waals surface area contributed by atoms with Crippen molar-refractivity contribution in [3.8, 4) is 11.5 Å². The quantitative estimate of drug-likeness (QED) is 0.690. The normalized spacial score (nSPS) is 12.2. The van der Waals surface area contributed by atoms with E-state index in [0.717, 1.165) is 23.6 Å². The van der Waals surface area contributed by atoms with Gasteiger partial charge in [-0.25, -0.2) is 0 Å². The lowest BCUT2D eigenvalue weighted by Crippen LogP contribution is -2.25. The first kappa shape index (κ1) is 15.8. The van der Waals surface area contributed by atoms with Crippen molar-refractivity contribution in [2.75, 3.05) is 14.2 Å². The van der Waals surface area contributed by atoms with Gasteiger partial charge in [0.15, 0.2) is 0 Å². The predicted molar refractivity (Wildman–Crippen MR) is 80.0 cm³/mol. The molecule has 0 amide bonds. The Kier molecular flexibility index (Phi) is 7.34. The molecule has 0 saturated carbocycles. The summed E-state index contributed by atoms with van der Waals surface area (Å²) in [5, 5.41) is 3.55. The number of nitrogens with one attached hydrogen (secondary N) is 1. The molecule has 3 heteroatoms. The molecule has 3 nitrogen and oxygen atoms in total. The van der Waals surface area contributed by atoms with E-state index in [1.165, 1.54) is 25.7 Å². The number of rotatable bonds is 9. The summed E-state index contributed by atoms with van der Waals surface area (Å²) in [6, 6.07) is 6.44. The highest BCUT2D eigenvalue weighted by molar-refractivity contribution is 5.40. The zero-order chi connectivity index (χ0) is 14.1. The minimum absolute atomic E-state index is 0.530. The molecule has 0 aromatic heterocycles. The van der Waals surface area contributed by atoms with Crippen LogP contribution in [0, 0.1) is 0 Å². The van der Waals surface area contributed by atoms with Crippen molar-refractivity contribution in [2.24, 2.45) is 0 Å². The third kappa shape index (κ3) is 5.52. The van der Waals surface area contributed by atoms with Gasteiger partial charge in [0.25, 0.3) is 0 Å². The van der Waals surface area contributed by atoms with Gasteiger partial charge in [-0.05, 0) is 31.5 Å². The third-order valence-electron chi connectivity index (χ3n) is 3.37. The Morgan fingerprint density at radius 1 is 1.16 bits per heavy atom. The molecule has 0 radical (unpaired) electrons. The standard InChI is InChI=1S/C16H27NO2/c1-5-6-7-8-13(2)17-12-14-11-15(18-3)9-10-16(14)19-4/h9-11,13,17H,5-8,12H2,1-4H3/t13-/m0/s1. The van der Waals surface area contributed by atoms with E-state index in [9.17, 15) is 0 Å². The second kappa shape index (κ2) is 8.81. The molecular formula is C16H27NO2. The molecule has 0 spiro atoms. The van der Waals surface area contributed by atoms with Crippen LogP contribution in [0.1, 0.15) is 45.1 Å². The van der Waals surface area contributed by atoms with E-state index in [2.05, 4.69) is 19.2 Å². The van der Waals surface area contributed by atoms with Crippen LogP contribution < -0.4 is 14.8 Å². The van der Waals surface area contributed by atoms with Gasteiger partial charge in [0, 0.05) is 18.2 Å². The number of unbranched alkanes of at least 4 members (excludes halogenated alkanes) is 2. The second-order valence-electron chi connectivity index (χ2n) is 4.96. The summed E-state index contributed by atoms with van der Waals surface area (Å²) < 4.78 is 10.6. The molecule has 1 rings (SSSR count). The molecule has 0 aliphatic carbocycles. The van der Waals surface area contributed by atoms with Gasteiger partial charge in [-0.1, -0.05) is 26.2 Å². The van der Waals surface area contributed by atoms with E-state index in [1.54, 1.807) is 14.2 Å². The highest BCUT2D eigenvalue weighted by atomic mass is 16.5. The molecule has 1 aromatic rings. The maximum atomic E-state index is 5.38. The van der Waals surface area contributed by atoms with Crippen molar-refractivity contribution < 1.29 is 9.47 Å². The molecule has 1 N–H and O–H groups in total. The summed E-state index contributed by atoms with van der Waals surface area (Å²) >= 11 is 0. The molecule has 1 aromatic carbocycles. The fourth-order valence-corrected chi connectivity index (χ4v) is 2.11. The van der Waals surface area contributed by atoms with Crippen LogP contribution in [0.15, 0.2) is 18.2 Å². The lowest BCUT2D eigenvalue weighted by atomic mass is 10.1. The van der Waals surface area contributed by atoms with Crippen molar-refractivity contribution in [3.05, 3.63) is 23.8 Å². The molecule has 108 valence electrons. The summed E-state index contributed by atoms with van der Waals surface area (Å²) in [6.07, 6.45) is 5.10. The first-order chi connectivity index (χ1) is 9.21. The Morgan fingerprint density at radius 2 is 1.95 bits per heavy atom. The van der Waals surface area contributed by atoms with Crippen molar-refractivity contribution >= 4 is 0 Å². The largest absolute Gasteiger partial charge is 0.497 e. The number of hydrogen-bond donors (Lipinski definition) is 1. The van der Waals surface area contributed by atoms with Crippen LogP contribution in [0.4, 0.5) is 0 Å². The topological polar surface area (TPSA) is 30.5 Å². The van der Waals surface area contributed by atoms with Crippen LogP contribution in [-0.2, 0) is 6.54 Å². The van der Waals surface area contributed by atoms with Gasteiger partial charge >= 0.3 is 0 Å². The summed E-state index contributed by atoms with van der Waals surface area (Å²) in [6.45, 7) is 5.29. The van der Waals surface area contributed by atoms with Crippen LogP contribution in [-0.4, -0.2) is 20.3 Å². The van der Waals surface area contributed by atoms with Crippen LogP contribution in [0.3, 0.4) is 0 Å². The maximum absolute atomic E-state index is 5.38. The maximum Gasteiger partial charge on any atom is 0.123 e. The fraction of sp³-hybridized carbons (Fsp3) is 0.625. The molecule has 0 aliphatic rings. The Hall–Kier alpha value is -1.22. The average molecular weight is 265 g/mol. The van der Waals surface area contributed by atoms with Crippen molar-refractivity contribution in [1.82, 2.24) is 5.32 Å². The summed E-state index contributed by atoms with van der Waals surface area (Å²) in [5.41, 5.74) is 1.14. The van der Waals surface area contributed by atoms with E-state index in [1.807, 2.05) is 18.2 Å². The van der Waals surface area contributed by atoms with Crippen LogP contribution in [0.25, 0.3) is 0 Å². The van der Waals surface area contributed by atoms with Crippen LogP contribution in [0.5, 0.6) is 11.5 Å². The molecule has 1 atom stereocenters. The zero-order valence-electron chi connectivity index (χ0n) is 12.7. The highest BCUT2D eigenvalue weighted by Gasteiger charge is 2.07. The van der Waals surface area contributed by atoms with E-state index in [0.29, 0.717) is 6.04 Å². The Bertz CT molecular complexity index is 366. The smallest absolute Gasteiger partial charge is 0.123 e. The monoisotopic (exact) mass is 265 g/mol. The predicted octanol–water partition coefficient (Wildman–Crippen LogP) is 3.76. The van der Waals surface area contributed by atoms with E-state index in [4.69, 9.17) is 9.47 Å². The van der Waals surface area contributed by atoms with Gasteiger partial charge in [0.05, 0.1) is 14.2 Å². The molecular weight excluding hydrogens is 238 g/mol. The third-order valence-corrected chi connectivity index (χ3v) is 3.37. The fourth-order valence-electron chi connectivity index (χ4n) is 2.11. The van der Waals surface area contributed by atoms with Gasteiger partial charge < -0.3 is 14.8 Å². The Morgan fingerprint density at radius 3 is 2.58 bits per heavy atom. The molecule has 0 heterocycles. The van der Waals surface area contributed by atoms with Gasteiger partial charge in [-0.3, -0.25) is 0 Å². The Balaban J connectivity index is 2.51. The van der Waals surface area contributed by atoms with Crippen molar-refractivity contribution in [2.45, 2.75) is 52.1 Å². The van der Waals surface area contributed by atoms with Crippen molar-refractivity contribution in [3.63, 3.8) is 0 Å². The summed E-state index contributed by atoms with van der Waals surface area (Å²) in [7, 11) is 3.39. The first-order valence-corrected chi connectivity index (χ1v) is 7.15. The lowest BCUT2D eigenvalue weighted by molar-refractivity contribution is 0.394. The number of benzene rings is 1. The molecule has 0 fully saturated rings. The summed E-state index contributed by atoms with van der Waals surface area (Å²) in [4.78, 5) is 0. The van der Waals surface area contributed by atoms with Gasteiger partial charge in [0.1, 0.15) is 11.5 Å². The molecule has 0 aliphatic heterocycles. The minimum atomic E-state index is 0.530. The molecule has 19 heavy (non-hydrogen) atoms. The number of methoxy groups -OCH3 is 2. The van der Waals surface area contributed by atoms with E-state index in [-0.39, 0.29) is 0 Å². The average Bonchev–Trinajstić information content (AvgIpc) is 2.45. The lowest BCUT2D eigenvalue weighted by Gasteiger charge is -2.16. The second-order valence-corrected chi connectivity index (χ2v) is 4.96. The highest BCUT2D eigenvalue weighted by Crippen LogP contribution is 2.23. The van der Waals surface area contributed by atoms with E-state index >= 15 is 0 Å². The van der Waals surface area contributed by atoms with Crippen LogP contribution in [0.2, 0.25) is 0 Å². The Labute approximate surface area is 117 Å². The number of hydrogen-bond acceptors (Lipinski definition) is 3. The van der Waals surface area contributed by atoms with Gasteiger partial charge in [-0.2, -0.15) is 0 Å². The SMILES string of the molecule is CCCCC[C@H](C)NCc1cc(OC)ccc1OC. The van der Waals surface area contributed by atoms with Gasteiger partial charge in [-0.15, -0.1) is 0 Å². The summed E-state index contributed by atoms with van der Waals surface area (Å²) in [5.74, 6) is 1.78. The zero-order valence-corrected chi connectivity index (χ0v) is 12.7. The van der Waals surface area contributed by atoms with Crippen LogP contribution >= 0.6 is 0 Å². The molecule has 0 unspecified atom stereocenters. The number of ether oxygens (including phenoxy) is 2. The van der Waals surface area contributed by atoms with Crippen molar-refractivity contribution in [1.29, 1.82) is 0 Å². The minimum Gasteiger partial charge on any atom is -0.497 e. The van der Waals surface area contributed by atoms with Gasteiger partial charge in [0.2, 0.25) is 0 Å².